The molecule has 2 N–H and O–H groups in total. The van der Waals surface area contributed by atoms with Crippen LogP contribution in [0.25, 0.3) is 0 Å². The second-order valence-electron chi connectivity index (χ2n) is 9.00. The van der Waals surface area contributed by atoms with Crippen molar-refractivity contribution in [3.05, 3.63) is 51.2 Å². The maximum Gasteiger partial charge on any atom is 0.339 e. The van der Waals surface area contributed by atoms with Gasteiger partial charge in [-0.2, -0.15) is 0 Å². The Balaban J connectivity index is 1.32. The lowest BCUT2D eigenvalue weighted by atomic mass is 9.93. The van der Waals surface area contributed by atoms with Gasteiger partial charge in [0.25, 0.3) is 5.91 Å². The van der Waals surface area contributed by atoms with E-state index < -0.39 is 5.54 Å². The number of carbonyl (C=O) groups is 3. The minimum atomic E-state index is -0.853. The van der Waals surface area contributed by atoms with Crippen LogP contribution in [0.15, 0.2) is 36.4 Å². The number of hydrogen-bond acceptors (Lipinski definition) is 6. The van der Waals surface area contributed by atoms with E-state index in [0.29, 0.717) is 40.1 Å². The number of nitrogens with zero attached hydrogens (tertiary/aromatic N) is 1. The molecule has 1 aliphatic carbocycles. The van der Waals surface area contributed by atoms with Gasteiger partial charge in [-0.3, -0.25) is 9.59 Å². The zero-order chi connectivity index (χ0) is 24.1. The summed E-state index contributed by atoms with van der Waals surface area (Å²) in [6, 6.07) is 10.9. The zero-order valence-electron chi connectivity index (χ0n) is 19.3. The SMILES string of the molecule is COC(=O)c1ccccc1N1CCC(CNC(=O)C2(NC(=O)c3ccc(Cl)s3)CCCC2)CC1. The van der Waals surface area contributed by atoms with Gasteiger partial charge in [0.1, 0.15) is 5.54 Å². The molecule has 1 aromatic carbocycles. The van der Waals surface area contributed by atoms with E-state index in [9.17, 15) is 14.4 Å². The highest BCUT2D eigenvalue weighted by atomic mass is 35.5. The van der Waals surface area contributed by atoms with E-state index in [1.165, 1.54) is 18.4 Å². The fourth-order valence-corrected chi connectivity index (χ4v) is 5.86. The van der Waals surface area contributed by atoms with Gasteiger partial charge in [0.05, 0.1) is 27.6 Å². The predicted octanol–water partition coefficient (Wildman–Crippen LogP) is 4.26. The van der Waals surface area contributed by atoms with E-state index in [4.69, 9.17) is 16.3 Å². The van der Waals surface area contributed by atoms with Gasteiger partial charge >= 0.3 is 5.97 Å². The molecule has 9 heteroatoms. The first-order chi connectivity index (χ1) is 16.4. The van der Waals surface area contributed by atoms with E-state index in [-0.39, 0.29) is 17.8 Å². The van der Waals surface area contributed by atoms with Gasteiger partial charge in [0, 0.05) is 19.6 Å². The highest BCUT2D eigenvalue weighted by molar-refractivity contribution is 7.18. The van der Waals surface area contributed by atoms with Crippen LogP contribution in [0.3, 0.4) is 0 Å². The fourth-order valence-electron chi connectivity index (χ4n) is 4.92. The summed E-state index contributed by atoms with van der Waals surface area (Å²) in [5, 5.41) is 6.13. The van der Waals surface area contributed by atoms with Gasteiger partial charge in [-0.25, -0.2) is 4.79 Å². The summed E-state index contributed by atoms with van der Waals surface area (Å²) < 4.78 is 5.47. The van der Waals surface area contributed by atoms with E-state index >= 15 is 0 Å². The Morgan fingerprint density at radius 2 is 1.82 bits per heavy atom. The Hall–Kier alpha value is -2.58. The first kappa shape index (κ1) is 24.5. The maximum atomic E-state index is 13.2. The summed E-state index contributed by atoms with van der Waals surface area (Å²) in [5.74, 6) is -0.333. The number of halogens is 1. The molecule has 0 spiro atoms. The molecule has 0 bridgehead atoms. The fraction of sp³-hybridized carbons (Fsp3) is 0.480. The molecule has 2 heterocycles. The largest absolute Gasteiger partial charge is 0.465 e. The van der Waals surface area contributed by atoms with Gasteiger partial charge in [-0.1, -0.05) is 36.6 Å². The Bertz CT molecular complexity index is 1040. The van der Waals surface area contributed by atoms with Gasteiger partial charge in [0.15, 0.2) is 0 Å². The summed E-state index contributed by atoms with van der Waals surface area (Å²) in [6.45, 7) is 2.18. The molecule has 2 aromatic rings. The Labute approximate surface area is 208 Å². The number of thiophene rings is 1. The molecule has 0 atom stereocenters. The third-order valence-electron chi connectivity index (χ3n) is 6.86. The summed E-state index contributed by atoms with van der Waals surface area (Å²) in [5.41, 5.74) is 0.606. The van der Waals surface area contributed by atoms with E-state index in [1.807, 2.05) is 18.2 Å². The lowest BCUT2D eigenvalue weighted by Gasteiger charge is -2.35. The first-order valence-corrected chi connectivity index (χ1v) is 12.9. The minimum absolute atomic E-state index is 0.0977. The molecule has 1 aromatic heterocycles. The molecule has 2 amide bonds. The van der Waals surface area contributed by atoms with Crippen molar-refractivity contribution in [2.75, 3.05) is 31.6 Å². The van der Waals surface area contributed by atoms with Crippen LogP contribution in [0.1, 0.15) is 58.6 Å². The van der Waals surface area contributed by atoms with E-state index in [2.05, 4.69) is 15.5 Å². The molecule has 0 unspecified atom stereocenters. The van der Waals surface area contributed by atoms with Crippen LogP contribution in [0, 0.1) is 5.92 Å². The quantitative estimate of drug-likeness (QED) is 0.551. The molecular formula is C25H30ClN3O4S. The summed E-state index contributed by atoms with van der Waals surface area (Å²) in [4.78, 5) is 40.8. The molecule has 2 aliphatic rings. The Morgan fingerprint density at radius 1 is 1.12 bits per heavy atom. The molecule has 34 heavy (non-hydrogen) atoms. The van der Waals surface area contributed by atoms with Crippen LogP contribution in [0.4, 0.5) is 5.69 Å². The molecule has 0 radical (unpaired) electrons. The molecule has 182 valence electrons. The third kappa shape index (κ3) is 5.39. The number of para-hydroxylation sites is 1. The number of piperidine rings is 1. The molecule has 1 aliphatic heterocycles. The predicted molar refractivity (Wildman–Crippen MR) is 134 cm³/mol. The number of benzene rings is 1. The monoisotopic (exact) mass is 503 g/mol. The number of carbonyl (C=O) groups excluding carboxylic acids is 3. The van der Waals surface area contributed by atoms with Gasteiger partial charge in [-0.15, -0.1) is 11.3 Å². The van der Waals surface area contributed by atoms with Crippen LogP contribution < -0.4 is 15.5 Å². The van der Waals surface area contributed by atoms with Crippen LogP contribution in [0.2, 0.25) is 4.34 Å². The van der Waals surface area contributed by atoms with Crippen LogP contribution in [-0.4, -0.2) is 50.1 Å². The highest BCUT2D eigenvalue weighted by Crippen LogP contribution is 2.32. The number of esters is 1. The van der Waals surface area contributed by atoms with Crippen molar-refractivity contribution < 1.29 is 19.1 Å². The van der Waals surface area contributed by atoms with E-state index in [1.54, 1.807) is 18.2 Å². The second kappa shape index (κ2) is 10.8. The third-order valence-corrected chi connectivity index (χ3v) is 8.09. The number of hydrogen-bond donors (Lipinski definition) is 2. The van der Waals surface area contributed by atoms with Crippen LogP contribution in [0.5, 0.6) is 0 Å². The molecule has 2 fully saturated rings. The van der Waals surface area contributed by atoms with Gasteiger partial charge in [-0.05, 0) is 55.9 Å². The van der Waals surface area contributed by atoms with Crippen molar-refractivity contribution >= 4 is 46.4 Å². The number of anilines is 1. The molecule has 1 saturated heterocycles. The number of amides is 2. The zero-order valence-corrected chi connectivity index (χ0v) is 20.8. The lowest BCUT2D eigenvalue weighted by molar-refractivity contribution is -0.127. The standard InChI is InChI=1S/C25H30ClN3O4S/c1-33-23(31)18-6-2-3-7-19(18)29-14-10-17(11-15-29)16-27-24(32)25(12-4-5-13-25)28-22(30)20-8-9-21(26)34-20/h2-3,6-9,17H,4-5,10-16H2,1H3,(H,27,32)(H,28,30). The van der Waals surface area contributed by atoms with Crippen molar-refractivity contribution in [3.63, 3.8) is 0 Å². The molecule has 4 rings (SSSR count). The maximum absolute atomic E-state index is 13.2. The summed E-state index contributed by atoms with van der Waals surface area (Å²) >= 11 is 7.18. The average molecular weight is 504 g/mol. The summed E-state index contributed by atoms with van der Waals surface area (Å²) in [7, 11) is 1.39. The molecular weight excluding hydrogens is 474 g/mol. The molecule has 7 nitrogen and oxygen atoms in total. The minimum Gasteiger partial charge on any atom is -0.465 e. The average Bonchev–Trinajstić information content (AvgIpc) is 3.52. The normalized spacial score (nSPS) is 17.9. The lowest BCUT2D eigenvalue weighted by Crippen LogP contribution is -2.57. The van der Waals surface area contributed by atoms with Crippen molar-refractivity contribution in [1.29, 1.82) is 0 Å². The number of methoxy groups -OCH3 is 1. The topological polar surface area (TPSA) is 87.7 Å². The highest BCUT2D eigenvalue weighted by Gasteiger charge is 2.43. The van der Waals surface area contributed by atoms with Crippen LogP contribution in [-0.2, 0) is 9.53 Å². The van der Waals surface area contributed by atoms with E-state index in [0.717, 1.165) is 44.5 Å². The second-order valence-corrected chi connectivity index (χ2v) is 10.7. The Kier molecular flexibility index (Phi) is 7.78. The number of rotatable bonds is 7. The van der Waals surface area contributed by atoms with Crippen molar-refractivity contribution in [1.82, 2.24) is 10.6 Å². The van der Waals surface area contributed by atoms with Crippen molar-refractivity contribution in [2.45, 2.75) is 44.1 Å². The Morgan fingerprint density at radius 3 is 2.47 bits per heavy atom. The van der Waals surface area contributed by atoms with Gasteiger partial charge < -0.3 is 20.3 Å². The van der Waals surface area contributed by atoms with Crippen molar-refractivity contribution in [3.8, 4) is 0 Å². The molecule has 1 saturated carbocycles. The number of ether oxygens (including phenoxy) is 1. The van der Waals surface area contributed by atoms with Crippen LogP contribution >= 0.6 is 22.9 Å². The van der Waals surface area contributed by atoms with Gasteiger partial charge in [0.2, 0.25) is 5.91 Å². The van der Waals surface area contributed by atoms with Crippen molar-refractivity contribution in [2.24, 2.45) is 5.92 Å². The smallest absolute Gasteiger partial charge is 0.339 e. The summed E-state index contributed by atoms with van der Waals surface area (Å²) in [6.07, 6.45) is 4.93. The number of nitrogens with one attached hydrogen (secondary N) is 2. The first-order valence-electron chi connectivity index (χ1n) is 11.7.